The van der Waals surface area contributed by atoms with Crippen molar-refractivity contribution in [3.63, 3.8) is 0 Å². The molecule has 2 aromatic heterocycles. The van der Waals surface area contributed by atoms with Crippen molar-refractivity contribution in [3.8, 4) is 5.69 Å². The topological polar surface area (TPSA) is 63.6 Å². The molecule has 5 nitrogen and oxygen atoms in total. The molecule has 146 valence electrons. The minimum absolute atomic E-state index is 0.0336. The summed E-state index contributed by atoms with van der Waals surface area (Å²) in [6.45, 7) is 0. The molecule has 0 unspecified atom stereocenters. The van der Waals surface area contributed by atoms with Gasteiger partial charge in [-0.3, -0.25) is 9.36 Å². The molecule has 1 atom stereocenters. The highest BCUT2D eigenvalue weighted by atomic mass is 32.2. The summed E-state index contributed by atoms with van der Waals surface area (Å²) in [6, 6.07) is 27.6. The highest BCUT2D eigenvalue weighted by molar-refractivity contribution is 8.00. The zero-order valence-corrected chi connectivity index (χ0v) is 16.8. The van der Waals surface area contributed by atoms with Gasteiger partial charge in [0.05, 0.1) is 0 Å². The van der Waals surface area contributed by atoms with E-state index in [1.54, 1.807) is 12.5 Å². The molecule has 6 heteroatoms. The van der Waals surface area contributed by atoms with E-state index in [1.807, 2.05) is 89.5 Å². The van der Waals surface area contributed by atoms with Crippen molar-refractivity contribution in [1.82, 2.24) is 19.7 Å². The Hall–Kier alpha value is -3.64. The number of carbonyl (C=O) groups excluding carboxylic acids is 1. The molecule has 0 fully saturated rings. The third-order valence-electron chi connectivity index (χ3n) is 4.97. The molecule has 3 aromatic carbocycles. The summed E-state index contributed by atoms with van der Waals surface area (Å²) in [4.78, 5) is 16.9. The highest BCUT2D eigenvalue weighted by Gasteiger charge is 2.27. The number of thioether (sulfide) groups is 1. The lowest BCUT2D eigenvalue weighted by Gasteiger charge is -2.16. The van der Waals surface area contributed by atoms with Crippen molar-refractivity contribution >= 4 is 28.4 Å². The van der Waals surface area contributed by atoms with Crippen molar-refractivity contribution in [3.05, 3.63) is 109 Å². The Morgan fingerprint density at radius 3 is 2.40 bits per heavy atom. The number of benzene rings is 3. The highest BCUT2D eigenvalue weighted by Crippen LogP contribution is 2.38. The van der Waals surface area contributed by atoms with Gasteiger partial charge < -0.3 is 4.98 Å². The van der Waals surface area contributed by atoms with Crippen molar-refractivity contribution in [2.75, 3.05) is 0 Å². The number of nitrogens with zero attached hydrogens (tertiary/aromatic N) is 3. The molecule has 2 heterocycles. The van der Waals surface area contributed by atoms with E-state index in [4.69, 9.17) is 0 Å². The molecule has 0 amide bonds. The molecule has 0 aliphatic rings. The van der Waals surface area contributed by atoms with Crippen molar-refractivity contribution < 1.29 is 4.79 Å². The minimum atomic E-state index is -0.447. The van der Waals surface area contributed by atoms with Gasteiger partial charge in [-0.05, 0) is 23.8 Å². The Balaban J connectivity index is 1.56. The average molecular weight is 411 g/mol. The van der Waals surface area contributed by atoms with Crippen LogP contribution in [-0.2, 0) is 0 Å². The van der Waals surface area contributed by atoms with Gasteiger partial charge in [0.25, 0.3) is 0 Å². The molecular formula is C24H18N4OS. The van der Waals surface area contributed by atoms with Crippen LogP contribution < -0.4 is 0 Å². The van der Waals surface area contributed by atoms with Crippen LogP contribution in [0, 0.1) is 0 Å². The standard InChI is InChI=1S/C24H18N4OS/c29-22(20-15-25-21-14-8-7-13-19(20)21)23(17-9-3-1-4-10-17)30-24-27-26-16-28(24)18-11-5-2-6-12-18/h1-16,23,25H/t23-/m1/s1. The lowest BCUT2D eigenvalue weighted by atomic mass is 10.0. The van der Waals surface area contributed by atoms with Crippen LogP contribution in [0.15, 0.2) is 103 Å². The second kappa shape index (κ2) is 8.00. The smallest absolute Gasteiger partial charge is 0.196 e. The first-order valence-electron chi connectivity index (χ1n) is 9.58. The number of fused-ring (bicyclic) bond motifs is 1. The quantitative estimate of drug-likeness (QED) is 0.298. The number of Topliss-reactive ketones (excluding diaryl/α,β-unsaturated/α-hetero) is 1. The van der Waals surface area contributed by atoms with Crippen LogP contribution in [0.1, 0.15) is 21.2 Å². The molecule has 30 heavy (non-hydrogen) atoms. The third kappa shape index (κ3) is 3.42. The number of para-hydroxylation sites is 2. The fourth-order valence-electron chi connectivity index (χ4n) is 3.49. The molecule has 1 N–H and O–H groups in total. The summed E-state index contributed by atoms with van der Waals surface area (Å²) >= 11 is 1.41. The van der Waals surface area contributed by atoms with E-state index in [1.165, 1.54) is 11.8 Å². The molecule has 0 spiro atoms. The fraction of sp³-hybridized carbons (Fsp3) is 0.0417. The lowest BCUT2D eigenvalue weighted by Crippen LogP contribution is -2.11. The molecule has 5 rings (SSSR count). The average Bonchev–Trinajstić information content (AvgIpc) is 3.45. The first kappa shape index (κ1) is 18.4. The molecule has 0 saturated heterocycles. The summed E-state index contributed by atoms with van der Waals surface area (Å²) in [5.41, 5.74) is 3.51. The number of H-pyrrole nitrogens is 1. The van der Waals surface area contributed by atoms with Gasteiger partial charge in [-0.15, -0.1) is 10.2 Å². The van der Waals surface area contributed by atoms with E-state index >= 15 is 0 Å². The first-order valence-corrected chi connectivity index (χ1v) is 10.5. The van der Waals surface area contributed by atoms with Crippen LogP contribution in [0.25, 0.3) is 16.6 Å². The summed E-state index contributed by atoms with van der Waals surface area (Å²) < 4.78 is 1.91. The van der Waals surface area contributed by atoms with E-state index in [0.717, 1.165) is 22.2 Å². The molecule has 0 bridgehead atoms. The largest absolute Gasteiger partial charge is 0.360 e. The fourth-order valence-corrected chi connectivity index (χ4v) is 4.59. The summed E-state index contributed by atoms with van der Waals surface area (Å²) in [7, 11) is 0. The van der Waals surface area contributed by atoms with Gasteiger partial charge in [0, 0.05) is 28.4 Å². The number of aromatic amines is 1. The number of hydrogen-bond donors (Lipinski definition) is 1. The molecule has 0 radical (unpaired) electrons. The number of hydrogen-bond acceptors (Lipinski definition) is 4. The monoisotopic (exact) mass is 410 g/mol. The van der Waals surface area contributed by atoms with Crippen LogP contribution in [0.3, 0.4) is 0 Å². The van der Waals surface area contributed by atoms with Crippen LogP contribution in [-0.4, -0.2) is 25.5 Å². The van der Waals surface area contributed by atoms with Crippen LogP contribution in [0.4, 0.5) is 0 Å². The normalized spacial score (nSPS) is 12.1. The summed E-state index contributed by atoms with van der Waals surface area (Å²) in [6.07, 6.45) is 3.47. The van der Waals surface area contributed by atoms with Gasteiger partial charge in [-0.1, -0.05) is 78.5 Å². The Kier molecular flexibility index (Phi) is 4.91. The molecular weight excluding hydrogens is 392 g/mol. The second-order valence-electron chi connectivity index (χ2n) is 6.84. The van der Waals surface area contributed by atoms with Crippen molar-refractivity contribution in [1.29, 1.82) is 0 Å². The van der Waals surface area contributed by atoms with Crippen LogP contribution in [0.5, 0.6) is 0 Å². The molecule has 5 aromatic rings. The molecule has 0 aliphatic heterocycles. The number of carbonyl (C=O) groups is 1. The van der Waals surface area contributed by atoms with Gasteiger partial charge in [0.15, 0.2) is 10.9 Å². The predicted molar refractivity (Wildman–Crippen MR) is 119 cm³/mol. The molecule has 0 aliphatic carbocycles. The number of ketones is 1. The van der Waals surface area contributed by atoms with E-state index in [-0.39, 0.29) is 5.78 Å². The van der Waals surface area contributed by atoms with Gasteiger partial charge >= 0.3 is 0 Å². The third-order valence-corrected chi connectivity index (χ3v) is 6.18. The Labute approximate surface area is 177 Å². The second-order valence-corrected chi connectivity index (χ2v) is 7.91. The van der Waals surface area contributed by atoms with Crippen LogP contribution >= 0.6 is 11.8 Å². The van der Waals surface area contributed by atoms with Gasteiger partial charge in [0.2, 0.25) is 0 Å². The van der Waals surface area contributed by atoms with E-state index in [0.29, 0.717) is 10.7 Å². The SMILES string of the molecule is O=C(c1c[nH]c2ccccc12)[C@H](Sc1nncn1-c1ccccc1)c1ccccc1. The van der Waals surface area contributed by atoms with E-state index in [9.17, 15) is 4.79 Å². The maximum Gasteiger partial charge on any atom is 0.196 e. The Bertz CT molecular complexity index is 1290. The number of rotatable bonds is 6. The molecule has 0 saturated carbocycles. The summed E-state index contributed by atoms with van der Waals surface area (Å²) in [5, 5.41) is 9.54. The minimum Gasteiger partial charge on any atom is -0.360 e. The zero-order valence-electron chi connectivity index (χ0n) is 16.0. The number of nitrogens with one attached hydrogen (secondary N) is 1. The zero-order chi connectivity index (χ0) is 20.3. The van der Waals surface area contributed by atoms with Gasteiger partial charge in [-0.25, -0.2) is 0 Å². The van der Waals surface area contributed by atoms with Gasteiger partial charge in [0.1, 0.15) is 11.6 Å². The van der Waals surface area contributed by atoms with Crippen LogP contribution in [0.2, 0.25) is 0 Å². The number of aromatic nitrogens is 4. The Morgan fingerprint density at radius 1 is 0.900 bits per heavy atom. The van der Waals surface area contributed by atoms with Gasteiger partial charge in [-0.2, -0.15) is 0 Å². The van der Waals surface area contributed by atoms with Crippen molar-refractivity contribution in [2.45, 2.75) is 10.4 Å². The maximum atomic E-state index is 13.7. The maximum absolute atomic E-state index is 13.7. The van der Waals surface area contributed by atoms with E-state index in [2.05, 4.69) is 15.2 Å². The Morgan fingerprint density at radius 2 is 1.60 bits per heavy atom. The summed E-state index contributed by atoms with van der Waals surface area (Å²) in [5.74, 6) is 0.0336. The first-order chi connectivity index (χ1) is 14.8. The lowest BCUT2D eigenvalue weighted by molar-refractivity contribution is 0.0991. The predicted octanol–water partition coefficient (Wildman–Crippen LogP) is 5.46. The van der Waals surface area contributed by atoms with E-state index < -0.39 is 5.25 Å². The van der Waals surface area contributed by atoms with Crippen molar-refractivity contribution in [2.24, 2.45) is 0 Å².